The van der Waals surface area contributed by atoms with E-state index in [0.717, 1.165) is 63.8 Å². The van der Waals surface area contributed by atoms with E-state index in [2.05, 4.69) is 27.3 Å². The summed E-state index contributed by atoms with van der Waals surface area (Å²) in [5.41, 5.74) is 0. The fourth-order valence-corrected chi connectivity index (χ4v) is 14.7. The molecular formula is C39H80O4Si3. The first-order valence-electron chi connectivity index (χ1n) is 20.5. The van der Waals surface area contributed by atoms with Gasteiger partial charge in [-0.1, -0.05) is 175 Å². The molecule has 0 rings (SSSR count). The standard InChI is InChI=1S/C39H80O4Si3/c1-5-8-11-14-17-20-23-26-29-32-37(40)46(36-35-45(4)43-44,38(41)33-30-27-24-21-18-15-12-9-6-2)39(42)34-31-28-25-22-19-16-13-10-7-3/h45H,5-36H2,1-4,44H3. The highest BCUT2D eigenvalue weighted by molar-refractivity contribution is 7.40. The van der Waals surface area contributed by atoms with Crippen molar-refractivity contribution in [3.8, 4) is 0 Å². The van der Waals surface area contributed by atoms with Gasteiger partial charge in [0.15, 0.2) is 9.04 Å². The lowest BCUT2D eigenvalue weighted by molar-refractivity contribution is -0.120. The zero-order chi connectivity index (χ0) is 34.1. The van der Waals surface area contributed by atoms with Crippen molar-refractivity contribution in [2.75, 3.05) is 0 Å². The maximum Gasteiger partial charge on any atom is 0.279 e. The summed E-state index contributed by atoms with van der Waals surface area (Å²) in [6, 6.07) is 1.33. The van der Waals surface area contributed by atoms with Crippen LogP contribution in [-0.4, -0.2) is 43.8 Å². The summed E-state index contributed by atoms with van der Waals surface area (Å²) in [6.45, 7) is 8.93. The molecule has 272 valence electrons. The Hall–Kier alpha value is -0.379. The molecule has 0 saturated heterocycles. The van der Waals surface area contributed by atoms with E-state index in [9.17, 15) is 14.4 Å². The van der Waals surface area contributed by atoms with Crippen LogP contribution < -0.4 is 0 Å². The first-order valence-corrected chi connectivity index (χ1v) is 26.0. The van der Waals surface area contributed by atoms with E-state index >= 15 is 0 Å². The predicted octanol–water partition coefficient (Wildman–Crippen LogP) is 11.2. The van der Waals surface area contributed by atoms with Crippen LogP contribution in [0, 0.1) is 0 Å². The minimum Gasteiger partial charge on any atom is -0.466 e. The molecule has 4 nitrogen and oxygen atoms in total. The molecule has 0 aliphatic heterocycles. The molecular weight excluding hydrogens is 617 g/mol. The highest BCUT2D eigenvalue weighted by Crippen LogP contribution is 2.27. The van der Waals surface area contributed by atoms with E-state index in [1.807, 2.05) is 0 Å². The summed E-state index contributed by atoms with van der Waals surface area (Å²) >= 11 is 0. The van der Waals surface area contributed by atoms with Gasteiger partial charge in [0.05, 0.1) is 0 Å². The van der Waals surface area contributed by atoms with Crippen molar-refractivity contribution in [2.45, 2.75) is 232 Å². The molecule has 0 aromatic heterocycles. The molecule has 7 heteroatoms. The van der Waals surface area contributed by atoms with Crippen LogP contribution in [0.3, 0.4) is 0 Å². The van der Waals surface area contributed by atoms with Gasteiger partial charge < -0.3 is 18.5 Å². The van der Waals surface area contributed by atoms with Gasteiger partial charge in [-0.2, -0.15) is 0 Å². The summed E-state index contributed by atoms with van der Waals surface area (Å²) in [5.74, 6) is 0. The van der Waals surface area contributed by atoms with E-state index < -0.39 is 17.1 Å². The van der Waals surface area contributed by atoms with Gasteiger partial charge in [0.25, 0.3) is 8.07 Å². The summed E-state index contributed by atoms with van der Waals surface area (Å²) in [5, 5.41) is 0.227. The van der Waals surface area contributed by atoms with E-state index in [4.69, 9.17) is 4.12 Å². The van der Waals surface area contributed by atoms with E-state index in [0.29, 0.717) is 35.8 Å². The molecule has 1 unspecified atom stereocenters. The number of unbranched alkanes of at least 4 members (excludes halogenated alkanes) is 24. The van der Waals surface area contributed by atoms with Gasteiger partial charge in [0.1, 0.15) is 26.7 Å². The number of hydrogen-bond acceptors (Lipinski definition) is 4. The Bertz CT molecular complexity index is 646. The third-order valence-corrected chi connectivity index (χ3v) is 19.8. The number of carbonyl (C=O) groups is 3. The van der Waals surface area contributed by atoms with Crippen molar-refractivity contribution in [3.05, 3.63) is 0 Å². The molecule has 0 bridgehead atoms. The lowest BCUT2D eigenvalue weighted by Gasteiger charge is -2.28. The predicted molar refractivity (Wildman–Crippen MR) is 210 cm³/mol. The van der Waals surface area contributed by atoms with E-state index in [1.54, 1.807) is 0 Å². The Morgan fingerprint density at radius 3 is 0.935 bits per heavy atom. The van der Waals surface area contributed by atoms with Crippen LogP contribution in [0.15, 0.2) is 0 Å². The van der Waals surface area contributed by atoms with Gasteiger partial charge >= 0.3 is 0 Å². The van der Waals surface area contributed by atoms with Crippen LogP contribution in [0.2, 0.25) is 18.6 Å². The largest absolute Gasteiger partial charge is 0.466 e. The van der Waals surface area contributed by atoms with Gasteiger partial charge in [0.2, 0.25) is 0 Å². The molecule has 0 amide bonds. The maximum atomic E-state index is 14.2. The first kappa shape index (κ1) is 45.6. The third-order valence-electron chi connectivity index (χ3n) is 10.3. The normalized spacial score (nSPS) is 12.5. The molecule has 1 atom stereocenters. The smallest absolute Gasteiger partial charge is 0.279 e. The first-order chi connectivity index (χ1) is 22.4. The maximum absolute atomic E-state index is 14.2. The minimum atomic E-state index is -3.40. The van der Waals surface area contributed by atoms with Crippen molar-refractivity contribution in [2.24, 2.45) is 0 Å². The molecule has 0 aromatic carbocycles. The molecule has 0 aromatic rings. The molecule has 0 fully saturated rings. The van der Waals surface area contributed by atoms with Gasteiger partial charge in [-0.15, -0.1) is 0 Å². The van der Waals surface area contributed by atoms with Crippen LogP contribution in [-0.2, 0) is 18.5 Å². The second-order valence-corrected chi connectivity index (χ2v) is 22.6. The molecule has 0 heterocycles. The van der Waals surface area contributed by atoms with Gasteiger partial charge in [-0.05, 0) is 37.9 Å². The Morgan fingerprint density at radius 2 is 0.696 bits per heavy atom. The van der Waals surface area contributed by atoms with E-state index in [1.165, 1.54) is 116 Å². The lowest BCUT2D eigenvalue weighted by Crippen LogP contribution is -2.59. The van der Waals surface area contributed by atoms with Crippen molar-refractivity contribution >= 4 is 43.8 Å². The van der Waals surface area contributed by atoms with Gasteiger partial charge in [0, 0.05) is 19.3 Å². The highest BCUT2D eigenvalue weighted by atomic mass is 28.3. The highest BCUT2D eigenvalue weighted by Gasteiger charge is 2.53. The molecule has 0 aliphatic carbocycles. The fourth-order valence-electron chi connectivity index (χ4n) is 6.85. The monoisotopic (exact) mass is 697 g/mol. The summed E-state index contributed by atoms with van der Waals surface area (Å²) in [6.07, 6.45) is 33.7. The van der Waals surface area contributed by atoms with Crippen LogP contribution in [0.5, 0.6) is 0 Å². The Balaban J connectivity index is 5.30. The Morgan fingerprint density at radius 1 is 0.457 bits per heavy atom. The molecule has 46 heavy (non-hydrogen) atoms. The van der Waals surface area contributed by atoms with Gasteiger partial charge in [-0.25, -0.2) is 0 Å². The second-order valence-electron chi connectivity index (χ2n) is 14.5. The number of carbonyl (C=O) groups excluding carboxylic acids is 3. The molecule has 0 N–H and O–H groups in total. The number of hydrogen-bond donors (Lipinski definition) is 0. The van der Waals surface area contributed by atoms with E-state index in [-0.39, 0.29) is 16.2 Å². The minimum absolute atomic E-state index is 0.0758. The second kappa shape index (κ2) is 33.1. The third kappa shape index (κ3) is 23.1. The molecule has 0 saturated carbocycles. The van der Waals surface area contributed by atoms with Crippen molar-refractivity contribution < 1.29 is 18.5 Å². The lowest BCUT2D eigenvalue weighted by atomic mass is 10.1. The summed E-state index contributed by atoms with van der Waals surface area (Å²) in [7, 11) is -4.14. The van der Waals surface area contributed by atoms with Crippen LogP contribution in [0.25, 0.3) is 0 Å². The summed E-state index contributed by atoms with van der Waals surface area (Å²) in [4.78, 5) is 42.5. The molecule has 0 spiro atoms. The fraction of sp³-hybridized carbons (Fsp3) is 0.923. The molecule has 0 radical (unpaired) electrons. The Kier molecular flexibility index (Phi) is 32.9. The zero-order valence-corrected chi connectivity index (χ0v) is 36.0. The van der Waals surface area contributed by atoms with Crippen molar-refractivity contribution in [3.63, 3.8) is 0 Å². The topological polar surface area (TPSA) is 60.4 Å². The van der Waals surface area contributed by atoms with Crippen molar-refractivity contribution in [1.29, 1.82) is 0 Å². The van der Waals surface area contributed by atoms with Crippen molar-refractivity contribution in [1.82, 2.24) is 0 Å². The summed E-state index contributed by atoms with van der Waals surface area (Å²) < 4.78 is 5.83. The van der Waals surface area contributed by atoms with Crippen LogP contribution >= 0.6 is 0 Å². The number of rotatable bonds is 37. The quantitative estimate of drug-likeness (QED) is 0.0479. The zero-order valence-electron chi connectivity index (χ0n) is 31.8. The molecule has 0 aliphatic rings. The average molecular weight is 697 g/mol. The van der Waals surface area contributed by atoms with Crippen LogP contribution in [0.1, 0.15) is 213 Å². The Labute approximate surface area is 293 Å². The van der Waals surface area contributed by atoms with Gasteiger partial charge in [-0.3, -0.25) is 0 Å². The SMILES string of the molecule is CCCCCCCCCCCC(=O)[Si](CC[SiH](C)O[SiH3])(C(=O)CCCCCCCCCCC)C(=O)CCCCCCCCCCC. The van der Waals surface area contributed by atoms with Crippen LogP contribution in [0.4, 0.5) is 0 Å². The average Bonchev–Trinajstić information content (AvgIpc) is 3.06.